The van der Waals surface area contributed by atoms with Crippen LogP contribution in [0.25, 0.3) is 0 Å². The Kier molecular flexibility index (Phi) is 3.68. The second kappa shape index (κ2) is 4.80. The Bertz CT molecular complexity index is 417. The predicted octanol–water partition coefficient (Wildman–Crippen LogP) is 2.50. The topological polar surface area (TPSA) is 61.1 Å². The van der Waals surface area contributed by atoms with Crippen molar-refractivity contribution in [3.8, 4) is 6.07 Å². The van der Waals surface area contributed by atoms with Crippen molar-refractivity contribution in [1.29, 1.82) is 5.26 Å². The van der Waals surface area contributed by atoms with Gasteiger partial charge in [-0.25, -0.2) is 0 Å². The number of aliphatic carboxylic acids is 1. The molecule has 84 valence electrons. The molecular formula is C13H15NO2. The van der Waals surface area contributed by atoms with E-state index in [9.17, 15) is 4.79 Å². The van der Waals surface area contributed by atoms with Crippen LogP contribution in [-0.2, 0) is 16.6 Å². The second-order valence-electron chi connectivity index (χ2n) is 3.99. The summed E-state index contributed by atoms with van der Waals surface area (Å²) in [6.45, 7) is 3.51. The number of rotatable bonds is 4. The number of aryl methyl sites for hydroxylation is 1. The largest absolute Gasteiger partial charge is 0.480 e. The first kappa shape index (κ1) is 12.3. The third-order valence-corrected chi connectivity index (χ3v) is 2.72. The van der Waals surface area contributed by atoms with Gasteiger partial charge in [-0.1, -0.05) is 37.6 Å². The molecule has 1 N–H and O–H groups in total. The van der Waals surface area contributed by atoms with Crippen molar-refractivity contribution in [2.45, 2.75) is 32.1 Å². The molecule has 0 aliphatic carbocycles. The molecule has 1 rings (SSSR count). The van der Waals surface area contributed by atoms with Gasteiger partial charge >= 0.3 is 5.97 Å². The molecule has 0 spiro atoms. The summed E-state index contributed by atoms with van der Waals surface area (Å²) < 4.78 is 0. The van der Waals surface area contributed by atoms with Crippen LogP contribution in [0, 0.1) is 11.3 Å². The normalized spacial score (nSPS) is 13.8. The van der Waals surface area contributed by atoms with Crippen molar-refractivity contribution in [2.75, 3.05) is 0 Å². The number of nitriles is 1. The van der Waals surface area contributed by atoms with E-state index in [1.165, 1.54) is 6.92 Å². The summed E-state index contributed by atoms with van der Waals surface area (Å²) in [6.07, 6.45) is 2.02. The zero-order valence-corrected chi connectivity index (χ0v) is 9.53. The molecule has 1 aromatic rings. The van der Waals surface area contributed by atoms with E-state index >= 15 is 0 Å². The molecule has 0 fully saturated rings. The molecule has 1 unspecified atom stereocenters. The second-order valence-corrected chi connectivity index (χ2v) is 3.99. The molecule has 1 aromatic carbocycles. The quantitative estimate of drug-likeness (QED) is 0.842. The average molecular weight is 217 g/mol. The number of carboxylic acids is 1. The van der Waals surface area contributed by atoms with Crippen LogP contribution in [0.2, 0.25) is 0 Å². The van der Waals surface area contributed by atoms with Crippen LogP contribution in [0.4, 0.5) is 0 Å². The zero-order chi connectivity index (χ0) is 12.2. The zero-order valence-electron chi connectivity index (χ0n) is 9.53. The van der Waals surface area contributed by atoms with Crippen LogP contribution in [0.5, 0.6) is 0 Å². The lowest BCUT2D eigenvalue weighted by Crippen LogP contribution is -2.30. The highest BCUT2D eigenvalue weighted by Crippen LogP contribution is 2.23. The minimum Gasteiger partial charge on any atom is -0.480 e. The first-order valence-corrected chi connectivity index (χ1v) is 5.28. The van der Waals surface area contributed by atoms with Gasteiger partial charge in [0.1, 0.15) is 0 Å². The van der Waals surface area contributed by atoms with Gasteiger partial charge in [-0.3, -0.25) is 4.79 Å². The average Bonchev–Trinajstić information content (AvgIpc) is 2.29. The maximum absolute atomic E-state index is 11.0. The summed E-state index contributed by atoms with van der Waals surface area (Å²) in [7, 11) is 0. The first-order chi connectivity index (χ1) is 7.54. The van der Waals surface area contributed by atoms with Crippen molar-refractivity contribution < 1.29 is 9.90 Å². The summed E-state index contributed by atoms with van der Waals surface area (Å²) in [5, 5.41) is 18.0. The van der Waals surface area contributed by atoms with Crippen molar-refractivity contribution in [3.63, 3.8) is 0 Å². The van der Waals surface area contributed by atoms with Gasteiger partial charge in [-0.2, -0.15) is 5.26 Å². The number of nitrogens with zero attached hydrogens (tertiary/aromatic N) is 1. The first-order valence-electron chi connectivity index (χ1n) is 5.28. The van der Waals surface area contributed by atoms with Crippen LogP contribution >= 0.6 is 0 Å². The Labute approximate surface area is 95.3 Å². The number of hydrogen-bond donors (Lipinski definition) is 1. The molecular weight excluding hydrogens is 202 g/mol. The summed E-state index contributed by atoms with van der Waals surface area (Å²) >= 11 is 0. The molecule has 0 aliphatic rings. The summed E-state index contributed by atoms with van der Waals surface area (Å²) in [5.74, 6) is -1.11. The summed E-state index contributed by atoms with van der Waals surface area (Å²) in [5.41, 5.74) is 0.240. The lowest BCUT2D eigenvalue weighted by molar-refractivity contribution is -0.141. The molecule has 0 saturated carbocycles. The minimum atomic E-state index is -1.45. The van der Waals surface area contributed by atoms with Crippen LogP contribution in [0.15, 0.2) is 24.3 Å². The van der Waals surface area contributed by atoms with E-state index in [0.29, 0.717) is 5.56 Å². The molecule has 16 heavy (non-hydrogen) atoms. The Morgan fingerprint density at radius 2 is 2.00 bits per heavy atom. The van der Waals surface area contributed by atoms with E-state index in [1.807, 2.05) is 18.2 Å². The van der Waals surface area contributed by atoms with Crippen LogP contribution in [-0.4, -0.2) is 11.1 Å². The van der Waals surface area contributed by atoms with E-state index in [1.54, 1.807) is 12.1 Å². The van der Waals surface area contributed by atoms with Crippen molar-refractivity contribution >= 4 is 5.97 Å². The highest BCUT2D eigenvalue weighted by molar-refractivity contribution is 5.84. The van der Waals surface area contributed by atoms with Crippen LogP contribution in [0.1, 0.15) is 31.4 Å². The Morgan fingerprint density at radius 1 is 1.44 bits per heavy atom. The van der Waals surface area contributed by atoms with Gasteiger partial charge in [-0.05, 0) is 24.5 Å². The minimum absolute atomic E-state index is 0.530. The fourth-order valence-corrected chi connectivity index (χ4v) is 1.53. The van der Waals surface area contributed by atoms with Crippen molar-refractivity contribution in [2.24, 2.45) is 0 Å². The predicted molar refractivity (Wildman–Crippen MR) is 61.0 cm³/mol. The number of benzene rings is 1. The van der Waals surface area contributed by atoms with E-state index in [2.05, 4.69) is 6.92 Å². The van der Waals surface area contributed by atoms with Gasteiger partial charge in [0, 0.05) is 0 Å². The number of carbonyl (C=O) groups is 1. The van der Waals surface area contributed by atoms with Crippen LogP contribution < -0.4 is 0 Å². The standard InChI is InChI=1S/C13H15NO2/c1-3-4-10-5-7-11(8-6-10)13(2,9-14)12(15)16/h5-8H,3-4H2,1-2H3,(H,15,16). The van der Waals surface area contributed by atoms with Gasteiger partial charge in [0.05, 0.1) is 6.07 Å². The number of hydrogen-bond acceptors (Lipinski definition) is 2. The van der Waals surface area contributed by atoms with Gasteiger partial charge in [-0.15, -0.1) is 0 Å². The third kappa shape index (κ3) is 2.22. The molecule has 3 heteroatoms. The van der Waals surface area contributed by atoms with Crippen molar-refractivity contribution in [3.05, 3.63) is 35.4 Å². The monoisotopic (exact) mass is 217 g/mol. The van der Waals surface area contributed by atoms with Crippen LogP contribution in [0.3, 0.4) is 0 Å². The maximum atomic E-state index is 11.0. The van der Waals surface area contributed by atoms with E-state index in [4.69, 9.17) is 10.4 Å². The molecule has 0 bridgehead atoms. The summed E-state index contributed by atoms with van der Waals surface area (Å²) in [6, 6.07) is 9.07. The number of carboxylic acid groups (broad SMARTS) is 1. The SMILES string of the molecule is CCCc1ccc(C(C)(C#N)C(=O)O)cc1. The fraction of sp³-hybridized carbons (Fsp3) is 0.385. The summed E-state index contributed by atoms with van der Waals surface area (Å²) in [4.78, 5) is 11.0. The molecule has 0 aromatic heterocycles. The molecule has 1 atom stereocenters. The van der Waals surface area contributed by atoms with Gasteiger partial charge in [0.2, 0.25) is 0 Å². The van der Waals surface area contributed by atoms with E-state index < -0.39 is 11.4 Å². The Morgan fingerprint density at radius 3 is 2.38 bits per heavy atom. The molecule has 0 radical (unpaired) electrons. The molecule has 3 nitrogen and oxygen atoms in total. The lowest BCUT2D eigenvalue weighted by atomic mass is 9.83. The van der Waals surface area contributed by atoms with Crippen molar-refractivity contribution in [1.82, 2.24) is 0 Å². The smallest absolute Gasteiger partial charge is 0.328 e. The highest BCUT2D eigenvalue weighted by Gasteiger charge is 2.35. The molecule has 0 saturated heterocycles. The van der Waals surface area contributed by atoms with E-state index in [-0.39, 0.29) is 0 Å². The van der Waals surface area contributed by atoms with Gasteiger partial charge < -0.3 is 5.11 Å². The molecule has 0 amide bonds. The lowest BCUT2D eigenvalue weighted by Gasteiger charge is -2.16. The molecule has 0 heterocycles. The van der Waals surface area contributed by atoms with E-state index in [0.717, 1.165) is 18.4 Å². The third-order valence-electron chi connectivity index (χ3n) is 2.72. The Hall–Kier alpha value is -1.82. The Balaban J connectivity index is 3.06. The van der Waals surface area contributed by atoms with Gasteiger partial charge in [0.25, 0.3) is 0 Å². The fourth-order valence-electron chi connectivity index (χ4n) is 1.53. The maximum Gasteiger partial charge on any atom is 0.328 e. The van der Waals surface area contributed by atoms with Gasteiger partial charge in [0.15, 0.2) is 5.41 Å². The molecule has 0 aliphatic heterocycles. The highest BCUT2D eigenvalue weighted by atomic mass is 16.4.